The number of carbonyl (C=O) groups excluding carboxylic acids is 2. The maximum atomic E-state index is 12.6. The van der Waals surface area contributed by atoms with Crippen LogP contribution in [0.4, 0.5) is 11.4 Å². The molecule has 1 fully saturated rings. The van der Waals surface area contributed by atoms with Crippen LogP contribution in [0.1, 0.15) is 5.76 Å². The number of para-hydroxylation sites is 2. The second-order valence-electron chi connectivity index (χ2n) is 5.95. The molecule has 8 heteroatoms. The summed E-state index contributed by atoms with van der Waals surface area (Å²) in [5, 5.41) is 12.3. The van der Waals surface area contributed by atoms with E-state index in [1.807, 2.05) is 0 Å². The summed E-state index contributed by atoms with van der Waals surface area (Å²) in [6, 6.07) is 18.0. The van der Waals surface area contributed by atoms with Gasteiger partial charge in [-0.15, -0.1) is 0 Å². The van der Waals surface area contributed by atoms with Crippen molar-refractivity contribution in [3.63, 3.8) is 0 Å². The van der Waals surface area contributed by atoms with E-state index in [9.17, 15) is 19.7 Å². The molecule has 2 amide bonds. The zero-order chi connectivity index (χ0) is 19.7. The lowest BCUT2D eigenvalue weighted by Gasteiger charge is -2.13. The van der Waals surface area contributed by atoms with Crippen LogP contribution >= 0.6 is 0 Å². The average molecular weight is 375 g/mol. The van der Waals surface area contributed by atoms with E-state index in [-0.39, 0.29) is 22.8 Å². The molecule has 0 aliphatic carbocycles. The summed E-state index contributed by atoms with van der Waals surface area (Å²) in [5.41, 5.74) is 3.15. The van der Waals surface area contributed by atoms with Crippen molar-refractivity contribution in [1.29, 1.82) is 0 Å². The summed E-state index contributed by atoms with van der Waals surface area (Å²) in [7, 11) is 0. The maximum Gasteiger partial charge on any atom is 0.282 e. The van der Waals surface area contributed by atoms with Gasteiger partial charge in [0.05, 0.1) is 16.2 Å². The minimum absolute atomic E-state index is 0.0904. The molecule has 8 nitrogen and oxygen atoms in total. The standard InChI is InChI=1S/C20H13N3O5/c24-19-16(20(25)22(21-19)13-6-2-1-3-7-13)12-14-10-11-18(28-14)15-8-4-5-9-17(15)23(26)27/h1-12H,(H,21,24)/b16-12+. The molecule has 2 heterocycles. The van der Waals surface area contributed by atoms with E-state index in [4.69, 9.17) is 4.42 Å². The Kier molecular flexibility index (Phi) is 4.21. The van der Waals surface area contributed by atoms with Gasteiger partial charge in [0, 0.05) is 6.07 Å². The van der Waals surface area contributed by atoms with Crippen molar-refractivity contribution in [2.45, 2.75) is 0 Å². The number of nitro benzene ring substituents is 1. The average Bonchev–Trinajstić information content (AvgIpc) is 3.29. The number of nitrogens with zero attached hydrogens (tertiary/aromatic N) is 2. The van der Waals surface area contributed by atoms with Gasteiger partial charge in [-0.3, -0.25) is 25.1 Å². The minimum atomic E-state index is -0.558. The molecular formula is C20H13N3O5. The lowest BCUT2D eigenvalue weighted by Crippen LogP contribution is -2.35. The van der Waals surface area contributed by atoms with Crippen molar-refractivity contribution in [3.8, 4) is 11.3 Å². The second-order valence-corrected chi connectivity index (χ2v) is 5.95. The zero-order valence-corrected chi connectivity index (χ0v) is 14.4. The SMILES string of the molecule is O=C1NN(c2ccccc2)C(=O)/C1=C/c1ccc(-c2ccccc2[N+](=O)[O-])o1. The molecule has 1 aliphatic rings. The van der Waals surface area contributed by atoms with Crippen molar-refractivity contribution in [1.82, 2.24) is 5.43 Å². The van der Waals surface area contributed by atoms with Crippen LogP contribution in [0, 0.1) is 10.1 Å². The summed E-state index contributed by atoms with van der Waals surface area (Å²) in [6.07, 6.45) is 1.32. The van der Waals surface area contributed by atoms with Gasteiger partial charge >= 0.3 is 0 Å². The molecule has 28 heavy (non-hydrogen) atoms. The van der Waals surface area contributed by atoms with Crippen LogP contribution in [0.25, 0.3) is 17.4 Å². The summed E-state index contributed by atoms with van der Waals surface area (Å²) in [6.45, 7) is 0. The van der Waals surface area contributed by atoms with Gasteiger partial charge in [-0.05, 0) is 36.4 Å². The van der Waals surface area contributed by atoms with E-state index in [0.29, 0.717) is 11.3 Å². The minimum Gasteiger partial charge on any atom is -0.456 e. The van der Waals surface area contributed by atoms with E-state index < -0.39 is 16.7 Å². The van der Waals surface area contributed by atoms with Crippen LogP contribution in [0.3, 0.4) is 0 Å². The van der Waals surface area contributed by atoms with Gasteiger partial charge in [-0.2, -0.15) is 0 Å². The molecule has 3 aromatic rings. The molecule has 4 rings (SSSR count). The number of furan rings is 1. The van der Waals surface area contributed by atoms with E-state index >= 15 is 0 Å². The molecule has 0 unspecified atom stereocenters. The van der Waals surface area contributed by atoms with Gasteiger partial charge in [0.1, 0.15) is 17.1 Å². The van der Waals surface area contributed by atoms with Gasteiger partial charge < -0.3 is 4.42 Å². The predicted octanol–water partition coefficient (Wildman–Crippen LogP) is 3.32. The van der Waals surface area contributed by atoms with Crippen LogP contribution in [0.15, 0.2) is 76.7 Å². The molecular weight excluding hydrogens is 362 g/mol. The number of hydrazine groups is 1. The van der Waals surface area contributed by atoms with Gasteiger partial charge in [-0.1, -0.05) is 30.3 Å². The van der Waals surface area contributed by atoms with Gasteiger partial charge in [0.25, 0.3) is 17.5 Å². The van der Waals surface area contributed by atoms with Crippen molar-refractivity contribution >= 4 is 29.3 Å². The summed E-state index contributed by atoms with van der Waals surface area (Å²) < 4.78 is 5.63. The van der Waals surface area contributed by atoms with E-state index in [1.54, 1.807) is 60.7 Å². The first-order chi connectivity index (χ1) is 13.5. The maximum absolute atomic E-state index is 12.6. The highest BCUT2D eigenvalue weighted by atomic mass is 16.6. The Morgan fingerprint density at radius 3 is 2.43 bits per heavy atom. The number of nitrogens with one attached hydrogen (secondary N) is 1. The number of amides is 2. The third kappa shape index (κ3) is 3.03. The van der Waals surface area contributed by atoms with Crippen LogP contribution in [-0.4, -0.2) is 16.7 Å². The van der Waals surface area contributed by atoms with Gasteiger partial charge in [-0.25, -0.2) is 5.01 Å². The second kappa shape index (κ2) is 6.84. The number of anilines is 1. The van der Waals surface area contributed by atoms with E-state index in [2.05, 4.69) is 5.43 Å². The third-order valence-corrected chi connectivity index (χ3v) is 4.19. The lowest BCUT2D eigenvalue weighted by atomic mass is 10.1. The molecule has 138 valence electrons. The first-order valence-electron chi connectivity index (χ1n) is 8.30. The molecule has 0 atom stereocenters. The molecule has 1 N–H and O–H groups in total. The topological polar surface area (TPSA) is 106 Å². The zero-order valence-electron chi connectivity index (χ0n) is 14.4. The highest BCUT2D eigenvalue weighted by Crippen LogP contribution is 2.31. The Morgan fingerprint density at radius 2 is 1.68 bits per heavy atom. The Morgan fingerprint density at radius 1 is 0.964 bits per heavy atom. The fourth-order valence-corrected chi connectivity index (χ4v) is 2.87. The third-order valence-electron chi connectivity index (χ3n) is 4.19. The van der Waals surface area contributed by atoms with Crippen molar-refractivity contribution in [3.05, 3.63) is 88.2 Å². The number of hydrogen-bond donors (Lipinski definition) is 1. The van der Waals surface area contributed by atoms with Crippen LogP contribution in [0.2, 0.25) is 0 Å². The van der Waals surface area contributed by atoms with Crippen molar-refractivity contribution < 1.29 is 18.9 Å². The first kappa shape index (κ1) is 17.2. The number of benzene rings is 2. The molecule has 0 spiro atoms. The molecule has 1 aromatic heterocycles. The van der Waals surface area contributed by atoms with Gasteiger partial charge in [0.15, 0.2) is 0 Å². The van der Waals surface area contributed by atoms with Crippen molar-refractivity contribution in [2.75, 3.05) is 5.01 Å². The number of hydrogen-bond acceptors (Lipinski definition) is 5. The molecule has 1 saturated heterocycles. The van der Waals surface area contributed by atoms with Crippen LogP contribution in [0.5, 0.6) is 0 Å². The smallest absolute Gasteiger partial charge is 0.282 e. The summed E-state index contributed by atoms with van der Waals surface area (Å²) >= 11 is 0. The largest absolute Gasteiger partial charge is 0.456 e. The number of carbonyl (C=O) groups is 2. The fraction of sp³-hybridized carbons (Fsp3) is 0. The molecule has 0 saturated carbocycles. The van der Waals surface area contributed by atoms with E-state index in [0.717, 1.165) is 5.01 Å². The summed E-state index contributed by atoms with van der Waals surface area (Å²) in [5.74, 6) is -0.566. The predicted molar refractivity (Wildman–Crippen MR) is 101 cm³/mol. The Hall–Kier alpha value is -4.20. The van der Waals surface area contributed by atoms with Gasteiger partial charge in [0.2, 0.25) is 0 Å². The fourth-order valence-electron chi connectivity index (χ4n) is 2.87. The monoisotopic (exact) mass is 375 g/mol. The Labute approximate surface area is 158 Å². The Bertz CT molecular complexity index is 1120. The van der Waals surface area contributed by atoms with Crippen molar-refractivity contribution in [2.24, 2.45) is 0 Å². The van der Waals surface area contributed by atoms with Crippen LogP contribution < -0.4 is 10.4 Å². The highest BCUT2D eigenvalue weighted by molar-refractivity contribution is 6.31. The Balaban J connectivity index is 1.65. The number of rotatable bonds is 4. The molecule has 0 radical (unpaired) electrons. The molecule has 1 aliphatic heterocycles. The number of nitro groups is 1. The lowest BCUT2D eigenvalue weighted by molar-refractivity contribution is -0.384. The normalized spacial score (nSPS) is 15.1. The molecule has 2 aromatic carbocycles. The highest BCUT2D eigenvalue weighted by Gasteiger charge is 2.34. The van der Waals surface area contributed by atoms with E-state index in [1.165, 1.54) is 12.1 Å². The quantitative estimate of drug-likeness (QED) is 0.326. The molecule has 0 bridgehead atoms. The first-order valence-corrected chi connectivity index (χ1v) is 8.30. The van der Waals surface area contributed by atoms with Crippen LogP contribution in [-0.2, 0) is 9.59 Å². The summed E-state index contributed by atoms with van der Waals surface area (Å²) in [4.78, 5) is 35.5.